The standard InChI is InChI=1S/C18H19NO6/c1-23-11-4-2-3-10(7-11)19-14(20)8-24-17(21)15-9-5-12-13(6-9)25-18(22)16(12)15/h2-4,7,9,12-13,15-16H,5-6,8H2,1H3,(H,19,20)/t9-,12+,13-,15-,16+/m1/s1. The third-order valence-electron chi connectivity index (χ3n) is 5.45. The minimum atomic E-state index is -0.476. The van der Waals surface area contributed by atoms with Crippen molar-refractivity contribution in [2.75, 3.05) is 19.0 Å². The summed E-state index contributed by atoms with van der Waals surface area (Å²) >= 11 is 0. The van der Waals surface area contributed by atoms with E-state index in [0.29, 0.717) is 11.4 Å². The molecule has 1 N–H and O–H groups in total. The van der Waals surface area contributed by atoms with E-state index < -0.39 is 23.7 Å². The minimum absolute atomic E-state index is 0.0251. The molecule has 5 atom stereocenters. The number of hydrogen-bond acceptors (Lipinski definition) is 6. The molecular formula is C18H19NO6. The quantitative estimate of drug-likeness (QED) is 0.811. The second-order valence-corrected chi connectivity index (χ2v) is 6.81. The second-order valence-electron chi connectivity index (χ2n) is 6.81. The molecule has 2 saturated carbocycles. The van der Waals surface area contributed by atoms with Gasteiger partial charge < -0.3 is 19.5 Å². The maximum atomic E-state index is 12.4. The van der Waals surface area contributed by atoms with E-state index in [9.17, 15) is 14.4 Å². The number of hydrogen-bond donors (Lipinski definition) is 1. The summed E-state index contributed by atoms with van der Waals surface area (Å²) in [6.45, 7) is -0.380. The van der Waals surface area contributed by atoms with Crippen LogP contribution in [0.1, 0.15) is 12.8 Å². The number of methoxy groups -OCH3 is 1. The normalized spacial score (nSPS) is 31.6. The van der Waals surface area contributed by atoms with E-state index in [4.69, 9.17) is 14.2 Å². The molecule has 1 aromatic rings. The van der Waals surface area contributed by atoms with E-state index in [-0.39, 0.29) is 30.5 Å². The largest absolute Gasteiger partial charge is 0.497 e. The van der Waals surface area contributed by atoms with E-state index in [1.54, 1.807) is 24.3 Å². The minimum Gasteiger partial charge on any atom is -0.497 e. The molecule has 1 amide bonds. The van der Waals surface area contributed by atoms with Gasteiger partial charge in [0, 0.05) is 17.7 Å². The lowest BCUT2D eigenvalue weighted by molar-refractivity contribution is -0.157. The van der Waals surface area contributed by atoms with Gasteiger partial charge in [0.05, 0.1) is 18.9 Å². The van der Waals surface area contributed by atoms with Crippen molar-refractivity contribution in [3.63, 3.8) is 0 Å². The molecule has 4 rings (SSSR count). The molecule has 7 heteroatoms. The predicted octanol–water partition coefficient (Wildman–Crippen LogP) is 1.37. The van der Waals surface area contributed by atoms with Crippen LogP contribution >= 0.6 is 0 Å². The summed E-state index contributed by atoms with van der Waals surface area (Å²) in [7, 11) is 1.54. The maximum absolute atomic E-state index is 12.4. The molecular weight excluding hydrogens is 326 g/mol. The summed E-state index contributed by atoms with van der Waals surface area (Å²) in [6.07, 6.45) is 1.53. The van der Waals surface area contributed by atoms with E-state index in [1.807, 2.05) is 0 Å². The summed E-state index contributed by atoms with van der Waals surface area (Å²) in [6, 6.07) is 6.90. The van der Waals surface area contributed by atoms with Gasteiger partial charge in [-0.25, -0.2) is 0 Å². The summed E-state index contributed by atoms with van der Waals surface area (Å²) in [5.74, 6) is -1.18. The zero-order chi connectivity index (χ0) is 17.6. The molecule has 3 fully saturated rings. The molecule has 2 bridgehead atoms. The Kier molecular flexibility index (Phi) is 3.86. The Balaban J connectivity index is 1.33. The lowest BCUT2D eigenvalue weighted by Gasteiger charge is -2.22. The van der Waals surface area contributed by atoms with Crippen molar-refractivity contribution < 1.29 is 28.6 Å². The first-order valence-corrected chi connectivity index (χ1v) is 8.38. The average Bonchev–Trinajstić information content (AvgIpc) is 3.22. The first-order chi connectivity index (χ1) is 12.1. The Morgan fingerprint density at radius 2 is 2.16 bits per heavy atom. The highest BCUT2D eigenvalue weighted by Gasteiger charge is 2.64. The van der Waals surface area contributed by atoms with Crippen LogP contribution in [0.3, 0.4) is 0 Å². The van der Waals surface area contributed by atoms with Crippen LogP contribution in [0.25, 0.3) is 0 Å². The zero-order valence-corrected chi connectivity index (χ0v) is 13.8. The molecule has 7 nitrogen and oxygen atoms in total. The van der Waals surface area contributed by atoms with Gasteiger partial charge in [-0.1, -0.05) is 6.07 Å². The highest BCUT2D eigenvalue weighted by Crippen LogP contribution is 2.57. The Bertz CT molecular complexity index is 730. The van der Waals surface area contributed by atoms with Crippen LogP contribution in [0.2, 0.25) is 0 Å². The zero-order valence-electron chi connectivity index (χ0n) is 13.8. The van der Waals surface area contributed by atoms with Gasteiger partial charge in [-0.05, 0) is 30.9 Å². The smallest absolute Gasteiger partial charge is 0.310 e. The number of esters is 2. The first-order valence-electron chi connectivity index (χ1n) is 8.38. The Morgan fingerprint density at radius 3 is 2.96 bits per heavy atom. The molecule has 25 heavy (non-hydrogen) atoms. The fourth-order valence-corrected chi connectivity index (χ4v) is 4.46. The monoisotopic (exact) mass is 345 g/mol. The van der Waals surface area contributed by atoms with Crippen molar-refractivity contribution in [3.05, 3.63) is 24.3 Å². The van der Waals surface area contributed by atoms with Crippen LogP contribution in [-0.4, -0.2) is 37.7 Å². The summed E-state index contributed by atoms with van der Waals surface area (Å²) in [4.78, 5) is 36.3. The lowest BCUT2D eigenvalue weighted by Crippen LogP contribution is -2.34. The third-order valence-corrected chi connectivity index (χ3v) is 5.45. The van der Waals surface area contributed by atoms with Gasteiger partial charge in [-0.3, -0.25) is 14.4 Å². The summed E-state index contributed by atoms with van der Waals surface area (Å²) in [5, 5.41) is 2.65. The molecule has 0 aromatic heterocycles. The summed E-state index contributed by atoms with van der Waals surface area (Å²) in [5.41, 5.74) is 0.558. The van der Waals surface area contributed by atoms with Gasteiger partial charge in [-0.15, -0.1) is 0 Å². The van der Waals surface area contributed by atoms with Gasteiger partial charge in [0.1, 0.15) is 11.9 Å². The molecule has 1 aliphatic heterocycles. The second kappa shape index (κ2) is 6.06. The number of amides is 1. The molecule has 0 unspecified atom stereocenters. The van der Waals surface area contributed by atoms with Crippen LogP contribution in [0.5, 0.6) is 5.75 Å². The van der Waals surface area contributed by atoms with Gasteiger partial charge in [0.2, 0.25) is 0 Å². The number of anilines is 1. The number of fused-ring (bicyclic) bond motifs is 1. The molecule has 2 aliphatic carbocycles. The number of benzene rings is 1. The van der Waals surface area contributed by atoms with Crippen molar-refractivity contribution in [1.29, 1.82) is 0 Å². The van der Waals surface area contributed by atoms with Crippen LogP contribution in [0.15, 0.2) is 24.3 Å². The van der Waals surface area contributed by atoms with Gasteiger partial charge >= 0.3 is 11.9 Å². The van der Waals surface area contributed by atoms with Crippen LogP contribution < -0.4 is 10.1 Å². The van der Waals surface area contributed by atoms with Crippen molar-refractivity contribution >= 4 is 23.5 Å². The number of carbonyl (C=O) groups excluding carboxylic acids is 3. The van der Waals surface area contributed by atoms with Crippen LogP contribution in [0.4, 0.5) is 5.69 Å². The van der Waals surface area contributed by atoms with E-state index in [2.05, 4.69) is 5.32 Å². The molecule has 1 saturated heterocycles. The number of ether oxygens (including phenoxy) is 3. The highest BCUT2D eigenvalue weighted by atomic mass is 16.6. The molecule has 0 spiro atoms. The summed E-state index contributed by atoms with van der Waals surface area (Å²) < 4.78 is 15.6. The first kappa shape index (κ1) is 15.9. The van der Waals surface area contributed by atoms with E-state index in [0.717, 1.165) is 12.8 Å². The van der Waals surface area contributed by atoms with Crippen molar-refractivity contribution in [1.82, 2.24) is 0 Å². The molecule has 132 valence electrons. The lowest BCUT2D eigenvalue weighted by atomic mass is 9.80. The van der Waals surface area contributed by atoms with Crippen molar-refractivity contribution in [3.8, 4) is 5.75 Å². The maximum Gasteiger partial charge on any atom is 0.310 e. The topological polar surface area (TPSA) is 90.9 Å². The van der Waals surface area contributed by atoms with Gasteiger partial charge in [0.15, 0.2) is 6.61 Å². The van der Waals surface area contributed by atoms with E-state index in [1.165, 1.54) is 7.11 Å². The van der Waals surface area contributed by atoms with Gasteiger partial charge in [0.25, 0.3) is 5.91 Å². The molecule has 0 radical (unpaired) electrons. The number of nitrogens with one attached hydrogen (secondary N) is 1. The fourth-order valence-electron chi connectivity index (χ4n) is 4.46. The fraction of sp³-hybridized carbons (Fsp3) is 0.500. The molecule has 1 aromatic carbocycles. The van der Waals surface area contributed by atoms with Crippen LogP contribution in [0, 0.1) is 23.7 Å². The predicted molar refractivity (Wildman–Crippen MR) is 85.7 cm³/mol. The molecule has 3 aliphatic rings. The van der Waals surface area contributed by atoms with Crippen molar-refractivity contribution in [2.24, 2.45) is 23.7 Å². The third kappa shape index (κ3) is 2.73. The molecule has 1 heterocycles. The SMILES string of the molecule is COc1cccc(NC(=O)COC(=O)[C@@H]2[C@@H]3C[C@@H]4[C@@H]2C(=O)O[C@@H]4C3)c1. The number of carbonyl (C=O) groups is 3. The Hall–Kier alpha value is -2.57. The number of rotatable bonds is 5. The van der Waals surface area contributed by atoms with E-state index >= 15 is 0 Å². The van der Waals surface area contributed by atoms with Crippen molar-refractivity contribution in [2.45, 2.75) is 18.9 Å². The Labute approximate surface area is 144 Å². The Morgan fingerprint density at radius 1 is 1.32 bits per heavy atom. The highest BCUT2D eigenvalue weighted by molar-refractivity contribution is 5.93. The van der Waals surface area contributed by atoms with Gasteiger partial charge in [-0.2, -0.15) is 0 Å². The average molecular weight is 345 g/mol. The van der Waals surface area contributed by atoms with Crippen LogP contribution in [-0.2, 0) is 23.9 Å².